The lowest BCUT2D eigenvalue weighted by Crippen LogP contribution is -2.35. The smallest absolute Gasteiger partial charge is 0.218 e. The number of aliphatic hydroxyl groups excluding tert-OH is 2. The third-order valence-electron chi connectivity index (χ3n) is 0.543. The lowest BCUT2D eigenvalue weighted by atomic mass is 10.5. The molecule has 0 aliphatic heterocycles. The first kappa shape index (κ1) is 7.39. The van der Waals surface area contributed by atoms with Crippen LogP contribution in [0.3, 0.4) is 0 Å². The van der Waals surface area contributed by atoms with E-state index >= 15 is 0 Å². The molecular weight excluding hydrogens is 110 g/mol. The molecule has 4 nitrogen and oxygen atoms in total. The van der Waals surface area contributed by atoms with Crippen molar-refractivity contribution in [2.45, 2.75) is 13.2 Å². The van der Waals surface area contributed by atoms with Crippen LogP contribution in [0.15, 0.2) is 0 Å². The van der Waals surface area contributed by atoms with Gasteiger partial charge in [0.15, 0.2) is 0 Å². The Hall–Kier alpha value is -0.610. The topological polar surface area (TPSA) is 69.6 Å². The molecule has 3 N–H and O–H groups in total. The molecule has 0 rings (SSSR count). The predicted molar refractivity (Wildman–Crippen MR) is 26.9 cm³/mol. The van der Waals surface area contributed by atoms with Gasteiger partial charge in [0.05, 0.1) is 6.61 Å². The van der Waals surface area contributed by atoms with E-state index in [0.29, 0.717) is 0 Å². The van der Waals surface area contributed by atoms with Gasteiger partial charge in [-0.05, 0) is 0 Å². The van der Waals surface area contributed by atoms with Crippen molar-refractivity contribution in [3.8, 4) is 0 Å². The van der Waals surface area contributed by atoms with Gasteiger partial charge >= 0.3 is 0 Å². The van der Waals surface area contributed by atoms with Crippen molar-refractivity contribution >= 4 is 5.91 Å². The zero-order valence-corrected chi connectivity index (χ0v) is 4.59. The Morgan fingerprint density at radius 1 is 1.88 bits per heavy atom. The summed E-state index contributed by atoms with van der Waals surface area (Å²) in [6.07, 6.45) is -1.12. The number of carbonyl (C=O) groups is 1. The number of hydrogen-bond donors (Lipinski definition) is 3. The standard InChI is InChI=1S/C4H9NO3/c1-3(7)5-4(8)2-6/h4,6,8H,2H2,1H3,(H,5,7). The Kier molecular flexibility index (Phi) is 3.14. The Balaban J connectivity index is 3.24. The quantitative estimate of drug-likeness (QED) is 0.385. The van der Waals surface area contributed by atoms with Crippen LogP contribution in [0.2, 0.25) is 0 Å². The zero-order chi connectivity index (χ0) is 6.57. The Labute approximate surface area is 47.1 Å². The van der Waals surface area contributed by atoms with Gasteiger partial charge in [-0.25, -0.2) is 0 Å². The second-order valence-electron chi connectivity index (χ2n) is 1.40. The average molecular weight is 119 g/mol. The van der Waals surface area contributed by atoms with Crippen molar-refractivity contribution in [2.75, 3.05) is 6.61 Å². The molecule has 0 bridgehead atoms. The van der Waals surface area contributed by atoms with E-state index in [0.717, 1.165) is 0 Å². The monoisotopic (exact) mass is 119 g/mol. The fourth-order valence-electron chi connectivity index (χ4n) is 0.280. The number of rotatable bonds is 2. The van der Waals surface area contributed by atoms with Crippen molar-refractivity contribution in [3.05, 3.63) is 0 Å². The van der Waals surface area contributed by atoms with Gasteiger partial charge in [0.25, 0.3) is 0 Å². The lowest BCUT2D eigenvalue weighted by Gasteiger charge is -2.05. The van der Waals surface area contributed by atoms with E-state index in [1.165, 1.54) is 6.92 Å². The molecule has 0 aromatic rings. The number of carbonyl (C=O) groups excluding carboxylic acids is 1. The molecule has 8 heavy (non-hydrogen) atoms. The molecule has 1 amide bonds. The van der Waals surface area contributed by atoms with Crippen molar-refractivity contribution < 1.29 is 15.0 Å². The zero-order valence-electron chi connectivity index (χ0n) is 4.59. The summed E-state index contributed by atoms with van der Waals surface area (Å²) >= 11 is 0. The van der Waals surface area contributed by atoms with Crippen molar-refractivity contribution in [2.24, 2.45) is 0 Å². The van der Waals surface area contributed by atoms with Crippen LogP contribution in [0, 0.1) is 0 Å². The van der Waals surface area contributed by atoms with E-state index in [-0.39, 0.29) is 5.91 Å². The lowest BCUT2D eigenvalue weighted by molar-refractivity contribution is -0.122. The molecule has 1 unspecified atom stereocenters. The minimum Gasteiger partial charge on any atom is -0.392 e. The molecule has 48 valence electrons. The minimum absolute atomic E-state index is 0.355. The Morgan fingerprint density at radius 2 is 2.38 bits per heavy atom. The molecule has 1 atom stereocenters. The Morgan fingerprint density at radius 3 is 2.50 bits per heavy atom. The fraction of sp³-hybridized carbons (Fsp3) is 0.750. The normalized spacial score (nSPS) is 12.9. The molecule has 0 aromatic heterocycles. The molecule has 0 spiro atoms. The van der Waals surface area contributed by atoms with Crippen LogP contribution in [0.4, 0.5) is 0 Å². The van der Waals surface area contributed by atoms with Crippen molar-refractivity contribution in [1.82, 2.24) is 5.32 Å². The van der Waals surface area contributed by atoms with Crippen LogP contribution in [-0.4, -0.2) is 29.0 Å². The number of hydrogen-bond acceptors (Lipinski definition) is 3. The molecule has 0 saturated heterocycles. The largest absolute Gasteiger partial charge is 0.392 e. The van der Waals surface area contributed by atoms with Gasteiger partial charge in [0.1, 0.15) is 6.23 Å². The summed E-state index contributed by atoms with van der Waals surface area (Å²) < 4.78 is 0. The summed E-state index contributed by atoms with van der Waals surface area (Å²) in [5.41, 5.74) is 0. The van der Waals surface area contributed by atoms with Gasteiger partial charge < -0.3 is 15.5 Å². The van der Waals surface area contributed by atoms with E-state index in [2.05, 4.69) is 5.32 Å². The van der Waals surface area contributed by atoms with Crippen LogP contribution in [-0.2, 0) is 4.79 Å². The highest BCUT2D eigenvalue weighted by Gasteiger charge is 1.99. The fourth-order valence-corrected chi connectivity index (χ4v) is 0.280. The van der Waals surface area contributed by atoms with Crippen LogP contribution < -0.4 is 5.32 Å². The van der Waals surface area contributed by atoms with Gasteiger partial charge in [0.2, 0.25) is 5.91 Å². The molecule has 0 radical (unpaired) electrons. The third-order valence-corrected chi connectivity index (χ3v) is 0.543. The third kappa shape index (κ3) is 3.58. The first-order chi connectivity index (χ1) is 3.66. The summed E-state index contributed by atoms with van der Waals surface area (Å²) in [5, 5.41) is 18.6. The highest BCUT2D eigenvalue weighted by atomic mass is 16.3. The maximum absolute atomic E-state index is 10.0. The van der Waals surface area contributed by atoms with Crippen LogP contribution in [0.25, 0.3) is 0 Å². The van der Waals surface area contributed by atoms with Gasteiger partial charge in [-0.2, -0.15) is 0 Å². The molecular formula is C4H9NO3. The second-order valence-corrected chi connectivity index (χ2v) is 1.40. The molecule has 0 saturated carbocycles. The second kappa shape index (κ2) is 3.40. The van der Waals surface area contributed by atoms with E-state index < -0.39 is 12.8 Å². The summed E-state index contributed by atoms with van der Waals surface area (Å²) in [6, 6.07) is 0. The molecule has 0 aromatic carbocycles. The van der Waals surface area contributed by atoms with Crippen LogP contribution >= 0.6 is 0 Å². The average Bonchev–Trinajstić information content (AvgIpc) is 1.65. The van der Waals surface area contributed by atoms with Crippen molar-refractivity contribution in [1.29, 1.82) is 0 Å². The van der Waals surface area contributed by atoms with E-state index in [9.17, 15) is 4.79 Å². The summed E-state index contributed by atoms with van der Waals surface area (Å²) in [5.74, 6) is -0.355. The number of nitrogens with one attached hydrogen (secondary N) is 1. The first-order valence-corrected chi connectivity index (χ1v) is 2.23. The summed E-state index contributed by atoms with van der Waals surface area (Å²) in [4.78, 5) is 10.0. The highest BCUT2D eigenvalue weighted by Crippen LogP contribution is 1.70. The molecule has 0 aliphatic carbocycles. The molecule has 4 heteroatoms. The summed E-state index contributed by atoms with van der Waals surface area (Å²) in [6.45, 7) is 0.818. The highest BCUT2D eigenvalue weighted by molar-refractivity contribution is 5.72. The first-order valence-electron chi connectivity index (χ1n) is 2.23. The predicted octanol–water partition coefficient (Wildman–Crippen LogP) is -1.57. The van der Waals surface area contributed by atoms with E-state index in [1.54, 1.807) is 0 Å². The van der Waals surface area contributed by atoms with Gasteiger partial charge in [-0.3, -0.25) is 4.79 Å². The maximum Gasteiger partial charge on any atom is 0.218 e. The van der Waals surface area contributed by atoms with Crippen LogP contribution in [0.1, 0.15) is 6.92 Å². The van der Waals surface area contributed by atoms with Gasteiger partial charge in [-0.15, -0.1) is 0 Å². The van der Waals surface area contributed by atoms with E-state index in [4.69, 9.17) is 10.2 Å². The molecule has 0 heterocycles. The van der Waals surface area contributed by atoms with Gasteiger partial charge in [0, 0.05) is 6.92 Å². The number of aliphatic hydroxyl groups is 2. The van der Waals surface area contributed by atoms with Crippen LogP contribution in [0.5, 0.6) is 0 Å². The van der Waals surface area contributed by atoms with Gasteiger partial charge in [-0.1, -0.05) is 0 Å². The molecule has 0 aliphatic rings. The Bertz CT molecular complexity index is 83.4. The summed E-state index contributed by atoms with van der Waals surface area (Å²) in [7, 11) is 0. The number of amides is 1. The van der Waals surface area contributed by atoms with E-state index in [1.807, 2.05) is 0 Å². The molecule has 0 fully saturated rings. The minimum atomic E-state index is -1.12. The van der Waals surface area contributed by atoms with Crippen molar-refractivity contribution in [3.63, 3.8) is 0 Å². The maximum atomic E-state index is 10.0. The SMILES string of the molecule is CC(=O)NC(O)CO.